The van der Waals surface area contributed by atoms with Crippen molar-refractivity contribution < 1.29 is 13.2 Å². The summed E-state index contributed by atoms with van der Waals surface area (Å²) in [5, 5.41) is 5.19. The maximum atomic E-state index is 12.4. The van der Waals surface area contributed by atoms with Crippen LogP contribution in [0, 0.1) is 0 Å². The Morgan fingerprint density at radius 2 is 2.19 bits per heavy atom. The van der Waals surface area contributed by atoms with Crippen LogP contribution in [-0.2, 0) is 21.3 Å². The molecule has 1 fully saturated rings. The molecule has 1 aliphatic rings. The second kappa shape index (κ2) is 7.19. The number of thiophene rings is 1. The standard InChI is InChI=1S/C14H24N2O3S2/c1-10(2)15-8-11-6-14(20-9-11)21(17,18)16-12-4-5-13(7-12)19-3/h6,9-10,12-13,15-16H,4-5,7-8H2,1-3H3. The van der Waals surface area contributed by atoms with Crippen LogP contribution in [0.1, 0.15) is 38.7 Å². The lowest BCUT2D eigenvalue weighted by Gasteiger charge is -2.12. The first-order valence-electron chi connectivity index (χ1n) is 7.26. The van der Waals surface area contributed by atoms with Crippen LogP contribution >= 0.6 is 11.3 Å². The van der Waals surface area contributed by atoms with E-state index in [9.17, 15) is 8.42 Å². The molecule has 1 aromatic rings. The van der Waals surface area contributed by atoms with Crippen molar-refractivity contribution >= 4 is 21.4 Å². The summed E-state index contributed by atoms with van der Waals surface area (Å²) >= 11 is 1.28. The maximum absolute atomic E-state index is 12.4. The molecule has 0 aliphatic heterocycles. The Morgan fingerprint density at radius 3 is 2.81 bits per heavy atom. The molecule has 0 amide bonds. The first kappa shape index (κ1) is 16.9. The SMILES string of the molecule is COC1CCC(NS(=O)(=O)c2cc(CNC(C)C)cs2)C1. The molecule has 2 rings (SSSR count). The zero-order valence-corrected chi connectivity index (χ0v) is 14.4. The van der Waals surface area contributed by atoms with Gasteiger partial charge >= 0.3 is 0 Å². The summed E-state index contributed by atoms with van der Waals surface area (Å²) in [7, 11) is -1.73. The van der Waals surface area contributed by atoms with Gasteiger partial charge in [0.15, 0.2) is 0 Å². The lowest BCUT2D eigenvalue weighted by molar-refractivity contribution is 0.107. The van der Waals surface area contributed by atoms with Crippen LogP contribution in [0.2, 0.25) is 0 Å². The molecule has 120 valence electrons. The number of hydrogen-bond donors (Lipinski definition) is 2. The molecular weight excluding hydrogens is 308 g/mol. The topological polar surface area (TPSA) is 67.4 Å². The van der Waals surface area contributed by atoms with Crippen LogP contribution in [-0.4, -0.2) is 33.7 Å². The molecule has 7 heteroatoms. The summed E-state index contributed by atoms with van der Waals surface area (Å²) in [4.78, 5) is 0. The molecule has 2 N–H and O–H groups in total. The number of rotatable bonds is 7. The van der Waals surface area contributed by atoms with Crippen LogP contribution in [0.3, 0.4) is 0 Å². The van der Waals surface area contributed by atoms with Gasteiger partial charge in [0, 0.05) is 25.7 Å². The number of methoxy groups -OCH3 is 1. The highest BCUT2D eigenvalue weighted by Crippen LogP contribution is 2.25. The predicted molar refractivity (Wildman–Crippen MR) is 85.1 cm³/mol. The predicted octanol–water partition coefficient (Wildman–Crippen LogP) is 2.09. The molecule has 1 aromatic heterocycles. The van der Waals surface area contributed by atoms with Gasteiger partial charge < -0.3 is 10.1 Å². The summed E-state index contributed by atoms with van der Waals surface area (Å²) in [5.41, 5.74) is 1.01. The summed E-state index contributed by atoms with van der Waals surface area (Å²) in [6.07, 6.45) is 2.68. The second-order valence-electron chi connectivity index (χ2n) is 5.80. The monoisotopic (exact) mass is 332 g/mol. The van der Waals surface area contributed by atoms with Crippen molar-refractivity contribution in [3.8, 4) is 0 Å². The third kappa shape index (κ3) is 4.75. The van der Waals surface area contributed by atoms with E-state index in [2.05, 4.69) is 23.9 Å². The molecule has 2 unspecified atom stereocenters. The van der Waals surface area contributed by atoms with Crippen molar-refractivity contribution in [1.29, 1.82) is 0 Å². The number of sulfonamides is 1. The van der Waals surface area contributed by atoms with E-state index in [1.165, 1.54) is 11.3 Å². The van der Waals surface area contributed by atoms with Gasteiger partial charge in [0.1, 0.15) is 4.21 Å². The second-order valence-corrected chi connectivity index (χ2v) is 8.65. The van der Waals surface area contributed by atoms with Gasteiger partial charge in [-0.2, -0.15) is 0 Å². The van der Waals surface area contributed by atoms with Crippen molar-refractivity contribution in [3.63, 3.8) is 0 Å². The average Bonchev–Trinajstić information content (AvgIpc) is 3.04. The third-order valence-electron chi connectivity index (χ3n) is 3.65. The molecule has 21 heavy (non-hydrogen) atoms. The number of hydrogen-bond acceptors (Lipinski definition) is 5. The maximum Gasteiger partial charge on any atom is 0.250 e. The Morgan fingerprint density at radius 1 is 1.43 bits per heavy atom. The molecule has 2 atom stereocenters. The van der Waals surface area contributed by atoms with E-state index >= 15 is 0 Å². The van der Waals surface area contributed by atoms with Gasteiger partial charge in [0.2, 0.25) is 10.0 Å². The van der Waals surface area contributed by atoms with Crippen molar-refractivity contribution in [2.24, 2.45) is 0 Å². The minimum absolute atomic E-state index is 0.0145. The molecule has 0 saturated heterocycles. The van der Waals surface area contributed by atoms with E-state index in [1.807, 2.05) is 5.38 Å². The molecule has 1 aliphatic carbocycles. The van der Waals surface area contributed by atoms with Gasteiger partial charge in [-0.1, -0.05) is 13.8 Å². The van der Waals surface area contributed by atoms with Crippen LogP contribution in [0.5, 0.6) is 0 Å². The first-order chi connectivity index (χ1) is 9.90. The molecule has 0 spiro atoms. The van der Waals surface area contributed by atoms with Crippen LogP contribution in [0.25, 0.3) is 0 Å². The van der Waals surface area contributed by atoms with E-state index in [0.29, 0.717) is 16.8 Å². The highest BCUT2D eigenvalue weighted by atomic mass is 32.2. The lowest BCUT2D eigenvalue weighted by atomic mass is 10.3. The summed E-state index contributed by atoms with van der Waals surface area (Å²) in [6.45, 7) is 4.83. The Bertz CT molecular complexity index is 554. The molecule has 0 aromatic carbocycles. The van der Waals surface area contributed by atoms with Gasteiger partial charge in [-0.05, 0) is 36.3 Å². The Labute approximate surface area is 131 Å². The fourth-order valence-corrected chi connectivity index (χ4v) is 4.96. The quantitative estimate of drug-likeness (QED) is 0.802. The van der Waals surface area contributed by atoms with Crippen molar-refractivity contribution in [2.75, 3.05) is 7.11 Å². The van der Waals surface area contributed by atoms with E-state index in [-0.39, 0.29) is 12.1 Å². The first-order valence-corrected chi connectivity index (χ1v) is 9.63. The number of nitrogens with one attached hydrogen (secondary N) is 2. The van der Waals surface area contributed by atoms with Crippen LogP contribution in [0.15, 0.2) is 15.7 Å². The van der Waals surface area contributed by atoms with Crippen LogP contribution < -0.4 is 10.0 Å². The molecule has 1 saturated carbocycles. The molecule has 0 radical (unpaired) electrons. The number of ether oxygens (including phenoxy) is 1. The van der Waals surface area contributed by atoms with Crippen molar-refractivity contribution in [3.05, 3.63) is 17.0 Å². The van der Waals surface area contributed by atoms with Gasteiger partial charge in [0.25, 0.3) is 0 Å². The lowest BCUT2D eigenvalue weighted by Crippen LogP contribution is -2.33. The summed E-state index contributed by atoms with van der Waals surface area (Å²) in [6, 6.07) is 2.12. The Kier molecular flexibility index (Phi) is 5.79. The Balaban J connectivity index is 1.96. The zero-order valence-electron chi connectivity index (χ0n) is 12.8. The zero-order chi connectivity index (χ0) is 15.5. The van der Waals surface area contributed by atoms with Gasteiger partial charge in [-0.15, -0.1) is 11.3 Å². The molecule has 1 heterocycles. The van der Waals surface area contributed by atoms with Crippen molar-refractivity contribution in [1.82, 2.24) is 10.0 Å². The molecule has 0 bridgehead atoms. The fraction of sp³-hybridized carbons (Fsp3) is 0.714. The highest BCUT2D eigenvalue weighted by Gasteiger charge is 2.29. The molecular formula is C14H24N2O3S2. The average molecular weight is 332 g/mol. The normalized spacial score (nSPS) is 23.0. The molecule has 5 nitrogen and oxygen atoms in total. The summed E-state index contributed by atoms with van der Waals surface area (Å²) < 4.78 is 33.2. The Hall–Kier alpha value is -0.470. The minimum atomic E-state index is -3.41. The fourth-order valence-electron chi connectivity index (χ4n) is 2.45. The summed E-state index contributed by atoms with van der Waals surface area (Å²) in [5.74, 6) is 0. The van der Waals surface area contributed by atoms with E-state index in [4.69, 9.17) is 4.74 Å². The van der Waals surface area contributed by atoms with Gasteiger partial charge in [-0.25, -0.2) is 13.1 Å². The highest BCUT2D eigenvalue weighted by molar-refractivity contribution is 7.91. The van der Waals surface area contributed by atoms with E-state index in [1.54, 1.807) is 13.2 Å². The minimum Gasteiger partial charge on any atom is -0.381 e. The van der Waals surface area contributed by atoms with E-state index in [0.717, 1.165) is 24.8 Å². The van der Waals surface area contributed by atoms with E-state index < -0.39 is 10.0 Å². The van der Waals surface area contributed by atoms with Crippen LogP contribution in [0.4, 0.5) is 0 Å². The smallest absolute Gasteiger partial charge is 0.250 e. The third-order valence-corrected chi connectivity index (χ3v) is 6.66. The van der Waals surface area contributed by atoms with Crippen molar-refractivity contribution in [2.45, 2.75) is 62.1 Å². The largest absolute Gasteiger partial charge is 0.381 e. The van der Waals surface area contributed by atoms with Gasteiger partial charge in [0.05, 0.1) is 6.10 Å². The van der Waals surface area contributed by atoms with Gasteiger partial charge in [-0.3, -0.25) is 0 Å².